The van der Waals surface area contributed by atoms with Crippen LogP contribution in [0.1, 0.15) is 267 Å². The first-order valence-electron chi connectivity index (χ1n) is 23.4. The molecule has 4 heterocycles. The maximum Gasteiger partial charge on any atom is 0.313 e. The molecule has 66 heavy (non-hydrogen) atoms. The lowest BCUT2D eigenvalue weighted by molar-refractivity contribution is -0.191. The van der Waals surface area contributed by atoms with Crippen LogP contribution >= 0.6 is 0 Å². The number of carbonyl (C=O) groups excluding carboxylic acids is 4. The number of hydrogen-bond acceptors (Lipinski definition) is 8. The Labute approximate surface area is 412 Å². The molecule has 9 aliphatic rings. The van der Waals surface area contributed by atoms with E-state index in [2.05, 4.69) is 69.2 Å². The molecule has 0 aromatic rings. The van der Waals surface area contributed by atoms with Gasteiger partial charge in [0.15, 0.2) is 0 Å². The van der Waals surface area contributed by atoms with Crippen LogP contribution in [0.2, 0.25) is 0 Å². The van der Waals surface area contributed by atoms with Crippen LogP contribution in [-0.4, -0.2) is 46.3 Å². The van der Waals surface area contributed by atoms with Gasteiger partial charge in [0.2, 0.25) is 0 Å². The van der Waals surface area contributed by atoms with Gasteiger partial charge in [-0.05, 0) is 163 Å². The van der Waals surface area contributed by atoms with Gasteiger partial charge in [-0.15, -0.1) is 0 Å². The first-order chi connectivity index (χ1) is 26.5. The molecule has 5 saturated carbocycles. The first-order valence-corrected chi connectivity index (χ1v) is 23.4. The molecule has 396 valence electrons. The fourth-order valence-corrected chi connectivity index (χ4v) is 12.7. The van der Waals surface area contributed by atoms with Crippen molar-refractivity contribution in [1.82, 2.24) is 0 Å². The van der Waals surface area contributed by atoms with Gasteiger partial charge in [-0.25, -0.2) is 0 Å². The van der Waals surface area contributed by atoms with Crippen LogP contribution in [0.3, 0.4) is 0 Å². The Hall–Kier alpha value is -2.12. The molecule has 4 saturated heterocycles. The van der Waals surface area contributed by atoms with E-state index >= 15 is 0 Å². The van der Waals surface area contributed by atoms with Gasteiger partial charge in [-0.3, -0.25) is 19.2 Å². The third kappa shape index (κ3) is 10.3. The van der Waals surface area contributed by atoms with Crippen molar-refractivity contribution >= 4 is 23.9 Å². The second-order valence-corrected chi connectivity index (χ2v) is 23.3. The van der Waals surface area contributed by atoms with E-state index in [0.29, 0.717) is 17.8 Å². The molecule has 0 amide bonds. The summed E-state index contributed by atoms with van der Waals surface area (Å²) in [7, 11) is 0. The topological polar surface area (TPSA) is 105 Å². The average Bonchev–Trinajstić information content (AvgIpc) is 3.84. The zero-order valence-electron chi connectivity index (χ0n) is 40.1. The summed E-state index contributed by atoms with van der Waals surface area (Å²) in [5.41, 5.74) is -2.16. The lowest BCUT2D eigenvalue weighted by Crippen LogP contribution is -2.57. The van der Waals surface area contributed by atoms with Crippen molar-refractivity contribution in [3.8, 4) is 0 Å². The zero-order chi connectivity index (χ0) is 43.9. The quantitative estimate of drug-likeness (QED) is 0.203. The molecular weight excluding hydrogens is 825 g/mol. The number of esters is 4. The molecule has 8 nitrogen and oxygen atoms in total. The number of hydrogen-bond donors (Lipinski definition) is 0. The first kappa shape index (κ1) is 70.4. The Morgan fingerprint density at radius 2 is 0.939 bits per heavy atom. The highest BCUT2D eigenvalue weighted by Gasteiger charge is 2.67. The fourth-order valence-electron chi connectivity index (χ4n) is 12.7. The van der Waals surface area contributed by atoms with Crippen LogP contribution in [-0.2, 0) is 38.1 Å². The fraction of sp³-hybridized carbons (Fsp3) is 0.931. The monoisotopic (exact) mass is 941 g/mol. The molecule has 0 aromatic heterocycles. The summed E-state index contributed by atoms with van der Waals surface area (Å²) in [4.78, 5) is 47.6. The lowest BCUT2D eigenvalue weighted by Gasteiger charge is -2.59. The van der Waals surface area contributed by atoms with E-state index in [1.165, 1.54) is 44.9 Å². The van der Waals surface area contributed by atoms with Gasteiger partial charge in [0, 0.05) is 23.2 Å². The molecule has 4 aliphatic heterocycles. The molecule has 0 aromatic carbocycles. The van der Waals surface area contributed by atoms with Gasteiger partial charge in [0.25, 0.3) is 0 Å². The van der Waals surface area contributed by atoms with Gasteiger partial charge < -0.3 is 18.9 Å². The summed E-state index contributed by atoms with van der Waals surface area (Å²) in [5.74, 6) is 3.67. The smallest absolute Gasteiger partial charge is 0.313 e. The van der Waals surface area contributed by atoms with Gasteiger partial charge in [-0.1, -0.05) is 122 Å². The Morgan fingerprint density at radius 3 is 1.21 bits per heavy atom. The Morgan fingerprint density at radius 1 is 0.485 bits per heavy atom. The van der Waals surface area contributed by atoms with Crippen molar-refractivity contribution in [3.05, 3.63) is 0 Å². The summed E-state index contributed by atoms with van der Waals surface area (Å²) in [5, 5.41) is 0. The predicted molar refractivity (Wildman–Crippen MR) is 282 cm³/mol. The molecule has 5 unspecified atom stereocenters. The van der Waals surface area contributed by atoms with Crippen LogP contribution < -0.4 is 0 Å². The third-order valence-electron chi connectivity index (χ3n) is 20.2. The maximum absolute atomic E-state index is 12.3. The molecular formula is C58H116O8. The molecule has 9 rings (SSSR count). The Balaban J connectivity index is -0.000000377. The highest BCUT2D eigenvalue weighted by molar-refractivity contribution is 5.82. The normalized spacial score (nSPS) is 38.4. The summed E-state index contributed by atoms with van der Waals surface area (Å²) in [6.45, 7) is 35.1. The third-order valence-corrected chi connectivity index (χ3v) is 20.2. The van der Waals surface area contributed by atoms with Crippen LogP contribution in [0, 0.1) is 62.1 Å². The lowest BCUT2D eigenvalue weighted by atomic mass is 9.48. The minimum absolute atomic E-state index is 0. The molecule has 4 bridgehead atoms. The van der Waals surface area contributed by atoms with Crippen molar-refractivity contribution in [1.29, 1.82) is 0 Å². The number of cyclic esters (lactones) is 2. The largest absolute Gasteiger partial charge is 0.459 e. The van der Waals surface area contributed by atoms with Gasteiger partial charge >= 0.3 is 23.9 Å². The zero-order valence-corrected chi connectivity index (χ0v) is 40.1. The van der Waals surface area contributed by atoms with E-state index in [-0.39, 0.29) is 138 Å². The Kier molecular flexibility index (Phi) is 24.3. The summed E-state index contributed by atoms with van der Waals surface area (Å²) in [6, 6.07) is 0. The van der Waals surface area contributed by atoms with Crippen LogP contribution in [0.5, 0.6) is 0 Å². The highest BCUT2D eigenvalue weighted by Crippen LogP contribution is 2.65. The van der Waals surface area contributed by atoms with Crippen molar-refractivity contribution in [2.24, 2.45) is 62.1 Å². The van der Waals surface area contributed by atoms with E-state index in [4.69, 9.17) is 18.9 Å². The summed E-state index contributed by atoms with van der Waals surface area (Å²) < 4.78 is 22.7. The number of rotatable bonds is 4. The minimum Gasteiger partial charge on any atom is -0.459 e. The average molecular weight is 942 g/mol. The van der Waals surface area contributed by atoms with E-state index in [1.54, 1.807) is 0 Å². The SMILES string of the molecule is C.C.C.C.C.C.C.C.CCC1(C)C(=O)OC(C)(C)C1(C)C.CCC1(C)C(=O)OC2(CCCC2)C1C.CCC1(C)CC2(OC1=O)C1CC3CC(C1)CC2C3.CCC1(C)OC(=O)C(C)(C)C1(C)C. The van der Waals surface area contributed by atoms with E-state index in [1.807, 2.05) is 48.5 Å². The molecule has 0 radical (unpaired) electrons. The minimum atomic E-state index is -0.377. The molecule has 5 atom stereocenters. The van der Waals surface area contributed by atoms with Crippen LogP contribution in [0.25, 0.3) is 0 Å². The second-order valence-electron chi connectivity index (χ2n) is 23.3. The molecule has 5 aliphatic carbocycles. The second kappa shape index (κ2) is 22.7. The van der Waals surface area contributed by atoms with E-state index in [0.717, 1.165) is 56.8 Å². The maximum atomic E-state index is 12.3. The van der Waals surface area contributed by atoms with Crippen LogP contribution in [0.15, 0.2) is 0 Å². The van der Waals surface area contributed by atoms with E-state index < -0.39 is 0 Å². The standard InChI is InChI=1S/C16H24O2.C12H20O2.2C11H20O2.8CH4/c1-3-15(2)9-16(18-14(15)17)12-5-10-4-11(7-12)8-13(16)6-10;1-4-11(3)9(2)12(14-10(11)13)7-5-6-8-12;1-7-11(6)8(12)13-10(4,5)9(11,2)3;1-7-11(6)10(4,5)9(2,3)8(12)13-11;;;;;;;;/h10-13H,3-9H2,1-2H3;9H,4-8H2,1-3H3;2*7H2,1-6H3;8*1H4. The highest BCUT2D eigenvalue weighted by atomic mass is 16.6. The number of carbonyl (C=O) groups is 4. The Bertz CT molecular complexity index is 1570. The summed E-state index contributed by atoms with van der Waals surface area (Å²) in [6.07, 6.45) is 15.9. The number of ether oxygens (including phenoxy) is 4. The molecule has 9 fully saturated rings. The van der Waals surface area contributed by atoms with Crippen molar-refractivity contribution < 1.29 is 38.1 Å². The van der Waals surface area contributed by atoms with Gasteiger partial charge in [0.1, 0.15) is 22.4 Å². The molecule has 2 spiro atoms. The van der Waals surface area contributed by atoms with Crippen molar-refractivity contribution in [2.45, 2.75) is 289 Å². The molecule has 0 N–H and O–H groups in total. The van der Waals surface area contributed by atoms with Gasteiger partial charge in [0.05, 0.1) is 21.7 Å². The summed E-state index contributed by atoms with van der Waals surface area (Å²) >= 11 is 0. The van der Waals surface area contributed by atoms with Crippen molar-refractivity contribution in [3.63, 3.8) is 0 Å². The van der Waals surface area contributed by atoms with E-state index in [9.17, 15) is 19.2 Å². The van der Waals surface area contributed by atoms with Gasteiger partial charge in [-0.2, -0.15) is 0 Å². The van der Waals surface area contributed by atoms with Crippen LogP contribution in [0.4, 0.5) is 0 Å². The predicted octanol–water partition coefficient (Wildman–Crippen LogP) is 17.1. The van der Waals surface area contributed by atoms with Crippen molar-refractivity contribution in [2.75, 3.05) is 0 Å². The molecule has 8 heteroatoms.